The fraction of sp³-hybridized carbons (Fsp3) is 0.400. The van der Waals surface area contributed by atoms with E-state index in [9.17, 15) is 9.59 Å². The van der Waals surface area contributed by atoms with Gasteiger partial charge >= 0.3 is 0 Å². The molecule has 0 atom stereocenters. The van der Waals surface area contributed by atoms with Gasteiger partial charge in [-0.2, -0.15) is 0 Å². The molecule has 0 N–H and O–H groups in total. The van der Waals surface area contributed by atoms with Crippen molar-refractivity contribution in [2.24, 2.45) is 0 Å². The Labute approximate surface area is 58.6 Å². The SMILES string of the molecule is CC(=O)[CH-]C(C)=O.[Ni]. The van der Waals surface area contributed by atoms with Crippen molar-refractivity contribution in [1.29, 1.82) is 0 Å². The zero-order valence-corrected chi connectivity index (χ0v) is 5.70. The van der Waals surface area contributed by atoms with Gasteiger partial charge in [-0.3, -0.25) is 6.42 Å². The van der Waals surface area contributed by atoms with E-state index in [1.165, 1.54) is 13.8 Å². The molecule has 50 valence electrons. The van der Waals surface area contributed by atoms with Gasteiger partial charge < -0.3 is 9.59 Å². The Balaban J connectivity index is 0. The number of rotatable bonds is 2. The minimum Gasteiger partial charge on any atom is -0.334 e. The predicted molar refractivity (Wildman–Crippen MR) is 25.7 cm³/mol. The molecule has 0 heterocycles. The summed E-state index contributed by atoms with van der Waals surface area (Å²) in [6, 6.07) is 0. The quantitative estimate of drug-likeness (QED) is 0.330. The van der Waals surface area contributed by atoms with Crippen LogP contribution in [0, 0.1) is 6.42 Å². The first-order valence-electron chi connectivity index (χ1n) is 1.99. The molecule has 0 saturated heterocycles. The van der Waals surface area contributed by atoms with Gasteiger partial charge in [0, 0.05) is 28.1 Å². The fourth-order valence-corrected chi connectivity index (χ4v) is 0.286. The molecule has 3 heteroatoms. The zero-order chi connectivity index (χ0) is 5.86. The molecule has 0 radical (unpaired) electrons. The van der Waals surface area contributed by atoms with Crippen molar-refractivity contribution in [1.82, 2.24) is 0 Å². The average molecular weight is 158 g/mol. The second-order valence-electron chi connectivity index (χ2n) is 1.37. The number of Topliss-reactive ketones (excluding diaryl/α,β-unsaturated/α-hetero) is 2. The van der Waals surface area contributed by atoms with Crippen LogP contribution in [-0.2, 0) is 26.1 Å². The van der Waals surface area contributed by atoms with Gasteiger partial charge in [0.25, 0.3) is 0 Å². The third-order valence-electron chi connectivity index (χ3n) is 0.407. The van der Waals surface area contributed by atoms with Gasteiger partial charge in [-0.05, 0) is 13.8 Å². The van der Waals surface area contributed by atoms with E-state index >= 15 is 0 Å². The Hall–Kier alpha value is -0.296. The molecule has 0 aromatic rings. The smallest absolute Gasteiger partial charge is 0.00219 e. The van der Waals surface area contributed by atoms with E-state index in [0.29, 0.717) is 0 Å². The number of carbonyl (C=O) groups is 2. The van der Waals surface area contributed by atoms with Crippen LogP contribution in [0.25, 0.3) is 0 Å². The monoisotopic (exact) mass is 157 g/mol. The van der Waals surface area contributed by atoms with Crippen LogP contribution in [0.15, 0.2) is 0 Å². The summed E-state index contributed by atoms with van der Waals surface area (Å²) in [6.07, 6.45) is 1.06. The molecule has 0 fully saturated rings. The standard InChI is InChI=1S/C5H7O2.Ni/c1-4(6)3-5(2)7;/h3H,1-2H3;/q-1;. The summed E-state index contributed by atoms with van der Waals surface area (Å²) in [7, 11) is 0. The molecule has 0 aromatic heterocycles. The summed E-state index contributed by atoms with van der Waals surface area (Å²) >= 11 is 0. The molecule has 0 aliphatic heterocycles. The third-order valence-corrected chi connectivity index (χ3v) is 0.407. The predicted octanol–water partition coefficient (Wildman–Crippen LogP) is 0.366. The van der Waals surface area contributed by atoms with Gasteiger partial charge in [0.05, 0.1) is 0 Å². The Morgan fingerprint density at radius 3 is 1.38 bits per heavy atom. The molecule has 0 spiro atoms. The fourth-order valence-electron chi connectivity index (χ4n) is 0.286. The van der Waals surface area contributed by atoms with Crippen molar-refractivity contribution < 1.29 is 26.1 Å². The molecule has 0 aliphatic carbocycles. The topological polar surface area (TPSA) is 34.1 Å². The van der Waals surface area contributed by atoms with Crippen molar-refractivity contribution in [3.8, 4) is 0 Å². The second-order valence-corrected chi connectivity index (χ2v) is 1.37. The van der Waals surface area contributed by atoms with Gasteiger partial charge in [0.15, 0.2) is 0 Å². The van der Waals surface area contributed by atoms with Crippen LogP contribution in [-0.4, -0.2) is 11.6 Å². The van der Waals surface area contributed by atoms with Crippen molar-refractivity contribution in [3.05, 3.63) is 6.42 Å². The summed E-state index contributed by atoms with van der Waals surface area (Å²) < 4.78 is 0. The molecule has 0 bridgehead atoms. The molecule has 0 rings (SSSR count). The van der Waals surface area contributed by atoms with Gasteiger partial charge in [0.1, 0.15) is 0 Å². The van der Waals surface area contributed by atoms with Crippen LogP contribution in [0.5, 0.6) is 0 Å². The number of ketones is 2. The minimum atomic E-state index is -0.187. The summed E-state index contributed by atoms with van der Waals surface area (Å²) in [5.74, 6) is -0.375. The van der Waals surface area contributed by atoms with Crippen LogP contribution >= 0.6 is 0 Å². The Morgan fingerprint density at radius 1 is 1.12 bits per heavy atom. The maximum Gasteiger partial charge on any atom is 0.00219 e. The summed E-state index contributed by atoms with van der Waals surface area (Å²) in [4.78, 5) is 20.0. The number of carbonyl (C=O) groups excluding carboxylic acids is 2. The first kappa shape index (κ1) is 10.6. The van der Waals surface area contributed by atoms with Crippen LogP contribution in [0.1, 0.15) is 13.8 Å². The van der Waals surface area contributed by atoms with Crippen LogP contribution < -0.4 is 0 Å². The Bertz CT molecular complexity index is 86.6. The van der Waals surface area contributed by atoms with Crippen molar-refractivity contribution in [2.75, 3.05) is 0 Å². The minimum absolute atomic E-state index is 0. The first-order chi connectivity index (χ1) is 3.13. The van der Waals surface area contributed by atoms with Gasteiger partial charge in [0.2, 0.25) is 0 Å². The van der Waals surface area contributed by atoms with Gasteiger partial charge in [-0.25, -0.2) is 0 Å². The van der Waals surface area contributed by atoms with Gasteiger partial charge in [-0.1, -0.05) is 0 Å². The summed E-state index contributed by atoms with van der Waals surface area (Å²) in [5, 5.41) is 0. The van der Waals surface area contributed by atoms with E-state index in [2.05, 4.69) is 0 Å². The largest absolute Gasteiger partial charge is 0.334 e. The second kappa shape index (κ2) is 4.85. The molecular weight excluding hydrogens is 151 g/mol. The Morgan fingerprint density at radius 2 is 1.38 bits per heavy atom. The van der Waals surface area contributed by atoms with E-state index < -0.39 is 0 Å². The van der Waals surface area contributed by atoms with Crippen LogP contribution in [0.2, 0.25) is 0 Å². The normalized spacial score (nSPS) is 6.75. The van der Waals surface area contributed by atoms with Crippen molar-refractivity contribution in [3.63, 3.8) is 0 Å². The molecule has 0 aliphatic rings. The molecule has 0 aromatic carbocycles. The Kier molecular flexibility index (Phi) is 6.46. The molecule has 0 saturated carbocycles. The maximum atomic E-state index is 9.98. The van der Waals surface area contributed by atoms with Gasteiger partial charge in [-0.15, -0.1) is 0 Å². The zero-order valence-electron chi connectivity index (χ0n) is 4.71. The molecule has 2 nitrogen and oxygen atoms in total. The number of hydrogen-bond acceptors (Lipinski definition) is 2. The van der Waals surface area contributed by atoms with Crippen molar-refractivity contribution in [2.45, 2.75) is 13.8 Å². The van der Waals surface area contributed by atoms with E-state index in [4.69, 9.17) is 0 Å². The van der Waals surface area contributed by atoms with Crippen molar-refractivity contribution >= 4 is 11.6 Å². The first-order valence-corrected chi connectivity index (χ1v) is 1.99. The van der Waals surface area contributed by atoms with Crippen LogP contribution in [0.4, 0.5) is 0 Å². The third kappa shape index (κ3) is 9.20. The van der Waals surface area contributed by atoms with Crippen LogP contribution in [0.3, 0.4) is 0 Å². The summed E-state index contributed by atoms with van der Waals surface area (Å²) in [6.45, 7) is 2.70. The average Bonchev–Trinajstić information content (AvgIpc) is 1.27. The maximum absolute atomic E-state index is 9.98. The molecular formula is C5H7NiO2-. The summed E-state index contributed by atoms with van der Waals surface area (Å²) in [5.41, 5.74) is 0. The van der Waals surface area contributed by atoms with E-state index in [-0.39, 0.29) is 28.1 Å². The number of hydrogen-bond donors (Lipinski definition) is 0. The molecule has 0 amide bonds. The molecule has 8 heavy (non-hydrogen) atoms. The van der Waals surface area contributed by atoms with E-state index in [0.717, 1.165) is 6.42 Å². The van der Waals surface area contributed by atoms with E-state index in [1.54, 1.807) is 0 Å². The molecule has 0 unspecified atom stereocenters. The van der Waals surface area contributed by atoms with E-state index in [1.807, 2.05) is 0 Å².